The fourth-order valence-corrected chi connectivity index (χ4v) is 4.90. The Morgan fingerprint density at radius 1 is 1.21 bits per heavy atom. The molecule has 7 heteroatoms. The Bertz CT molecular complexity index is 830. The number of thiophene rings is 1. The monoisotopic (exact) mass is 403 g/mol. The van der Waals surface area contributed by atoms with Gasteiger partial charge in [-0.1, -0.05) is 0 Å². The number of quaternary nitrogens is 2. The second-order valence-corrected chi connectivity index (χ2v) is 8.83. The topological polar surface area (TPSA) is 47.7 Å². The van der Waals surface area contributed by atoms with Gasteiger partial charge in [0.1, 0.15) is 13.1 Å². The summed E-state index contributed by atoms with van der Waals surface area (Å²) < 4.78 is 10.9. The maximum Gasteiger partial charge on any atom is 0.278 e. The zero-order chi connectivity index (χ0) is 19.5. The van der Waals surface area contributed by atoms with Crippen molar-refractivity contribution in [1.82, 2.24) is 4.90 Å². The third-order valence-electron chi connectivity index (χ3n) is 5.60. The number of benzene rings is 1. The molecule has 1 aromatic heterocycles. The molecule has 2 aliphatic rings. The van der Waals surface area contributed by atoms with Crippen LogP contribution in [0.5, 0.6) is 11.5 Å². The summed E-state index contributed by atoms with van der Waals surface area (Å²) in [6.07, 6.45) is 0. The van der Waals surface area contributed by atoms with Gasteiger partial charge in [-0.2, -0.15) is 0 Å². The number of piperazine rings is 1. The van der Waals surface area contributed by atoms with E-state index in [9.17, 15) is 4.79 Å². The van der Waals surface area contributed by atoms with Crippen LogP contribution in [0.25, 0.3) is 0 Å². The number of hydrogen-bond acceptors (Lipinski definition) is 4. The Labute approximate surface area is 170 Å². The van der Waals surface area contributed by atoms with Crippen LogP contribution < -0.4 is 19.3 Å². The number of carbonyl (C=O) groups excluding carboxylic acids is 1. The summed E-state index contributed by atoms with van der Waals surface area (Å²) in [5, 5.41) is 2.13. The number of nitrogens with one attached hydrogen (secondary N) is 2. The molecule has 4 rings (SSSR count). The smallest absolute Gasteiger partial charge is 0.278 e. The van der Waals surface area contributed by atoms with E-state index in [4.69, 9.17) is 9.47 Å². The van der Waals surface area contributed by atoms with Crippen molar-refractivity contribution in [2.24, 2.45) is 0 Å². The minimum atomic E-state index is 0.272. The first-order valence-electron chi connectivity index (χ1n) is 9.92. The number of fused-ring (bicyclic) bond motifs is 1. The van der Waals surface area contributed by atoms with Crippen molar-refractivity contribution in [2.45, 2.75) is 20.0 Å². The van der Waals surface area contributed by atoms with Crippen LogP contribution in [0.15, 0.2) is 29.6 Å². The van der Waals surface area contributed by atoms with Crippen molar-refractivity contribution in [3.63, 3.8) is 0 Å². The summed E-state index contributed by atoms with van der Waals surface area (Å²) in [5.74, 6) is 1.95. The predicted molar refractivity (Wildman–Crippen MR) is 108 cm³/mol. The Balaban J connectivity index is 1.23. The molecule has 0 saturated carbocycles. The van der Waals surface area contributed by atoms with Gasteiger partial charge < -0.3 is 24.2 Å². The van der Waals surface area contributed by atoms with E-state index in [2.05, 4.69) is 37.6 Å². The molecule has 2 aliphatic heterocycles. The van der Waals surface area contributed by atoms with Crippen LogP contribution in [0.4, 0.5) is 0 Å². The third-order valence-corrected chi connectivity index (χ3v) is 6.62. The maximum absolute atomic E-state index is 12.7. The molecule has 0 bridgehead atoms. The quantitative estimate of drug-likeness (QED) is 0.698. The molecule has 2 aromatic rings. The molecule has 0 aliphatic carbocycles. The largest absolute Gasteiger partial charge is 0.454 e. The van der Waals surface area contributed by atoms with E-state index in [0.29, 0.717) is 13.3 Å². The summed E-state index contributed by atoms with van der Waals surface area (Å²) in [7, 11) is 2.11. The second-order valence-electron chi connectivity index (χ2n) is 7.83. The third kappa shape index (κ3) is 4.48. The summed E-state index contributed by atoms with van der Waals surface area (Å²) in [4.78, 5) is 18.9. The van der Waals surface area contributed by atoms with Crippen molar-refractivity contribution >= 4 is 17.2 Å². The van der Waals surface area contributed by atoms with E-state index < -0.39 is 0 Å². The van der Waals surface area contributed by atoms with Gasteiger partial charge in [0.2, 0.25) is 6.79 Å². The second kappa shape index (κ2) is 8.51. The lowest BCUT2D eigenvalue weighted by molar-refractivity contribution is -0.918. The summed E-state index contributed by atoms with van der Waals surface area (Å²) >= 11 is 1.78. The average Bonchev–Trinajstić information content (AvgIpc) is 3.31. The zero-order valence-corrected chi connectivity index (χ0v) is 17.4. The van der Waals surface area contributed by atoms with E-state index in [-0.39, 0.29) is 5.91 Å². The van der Waals surface area contributed by atoms with Crippen LogP contribution in [0.2, 0.25) is 0 Å². The number of carbonyl (C=O) groups is 1. The number of amides is 1. The molecule has 150 valence electrons. The van der Waals surface area contributed by atoms with Crippen LogP contribution in [0, 0.1) is 6.92 Å². The molecule has 3 heterocycles. The van der Waals surface area contributed by atoms with Crippen molar-refractivity contribution in [2.75, 3.05) is 46.6 Å². The average molecular weight is 404 g/mol. The molecule has 6 nitrogen and oxygen atoms in total. The molecule has 1 aromatic carbocycles. The summed E-state index contributed by atoms with van der Waals surface area (Å²) in [6.45, 7) is 8.56. The highest BCUT2D eigenvalue weighted by Gasteiger charge is 2.26. The normalized spacial score (nSPS) is 17.7. The molecule has 0 spiro atoms. The molecule has 1 amide bonds. The van der Waals surface area contributed by atoms with Crippen LogP contribution in [-0.4, -0.2) is 57.4 Å². The number of nitrogens with zero attached hydrogens (tertiary/aromatic N) is 1. The van der Waals surface area contributed by atoms with Gasteiger partial charge in [0.25, 0.3) is 5.91 Å². The number of aryl methyl sites for hydroxylation is 1. The van der Waals surface area contributed by atoms with Gasteiger partial charge in [-0.25, -0.2) is 0 Å². The predicted octanol–water partition coefficient (Wildman–Crippen LogP) is -0.273. The van der Waals surface area contributed by atoms with E-state index in [0.717, 1.165) is 50.8 Å². The van der Waals surface area contributed by atoms with Gasteiger partial charge in [0.15, 0.2) is 18.0 Å². The van der Waals surface area contributed by atoms with E-state index in [1.165, 1.54) is 25.8 Å². The molecule has 1 fully saturated rings. The van der Waals surface area contributed by atoms with E-state index in [1.807, 2.05) is 11.0 Å². The van der Waals surface area contributed by atoms with Crippen LogP contribution in [0.3, 0.4) is 0 Å². The van der Waals surface area contributed by atoms with Crippen LogP contribution in [-0.2, 0) is 17.9 Å². The Morgan fingerprint density at radius 2 is 2.00 bits per heavy atom. The van der Waals surface area contributed by atoms with Gasteiger partial charge in [-0.3, -0.25) is 4.79 Å². The Morgan fingerprint density at radius 3 is 2.75 bits per heavy atom. The van der Waals surface area contributed by atoms with E-state index >= 15 is 0 Å². The lowest BCUT2D eigenvalue weighted by Gasteiger charge is -2.32. The molecule has 0 radical (unpaired) electrons. The maximum atomic E-state index is 12.7. The van der Waals surface area contributed by atoms with Gasteiger partial charge in [0.05, 0.1) is 38.1 Å². The van der Waals surface area contributed by atoms with Crippen molar-refractivity contribution in [1.29, 1.82) is 0 Å². The fraction of sp³-hybridized carbons (Fsp3) is 0.476. The van der Waals surface area contributed by atoms with Crippen molar-refractivity contribution in [3.05, 3.63) is 45.6 Å². The van der Waals surface area contributed by atoms with Crippen LogP contribution in [0.1, 0.15) is 16.0 Å². The fourth-order valence-electron chi connectivity index (χ4n) is 3.88. The van der Waals surface area contributed by atoms with Gasteiger partial charge in [-0.15, -0.1) is 11.3 Å². The molecular formula is C21H29N3O3S+2. The minimum Gasteiger partial charge on any atom is -0.454 e. The lowest BCUT2D eigenvalue weighted by atomic mass is 10.1. The molecular weight excluding hydrogens is 374 g/mol. The molecule has 1 saturated heterocycles. The molecule has 28 heavy (non-hydrogen) atoms. The van der Waals surface area contributed by atoms with Gasteiger partial charge in [0, 0.05) is 5.56 Å². The first kappa shape index (κ1) is 19.2. The lowest BCUT2D eigenvalue weighted by Crippen LogP contribution is -3.14. The van der Waals surface area contributed by atoms with Crippen LogP contribution >= 0.6 is 11.3 Å². The highest BCUT2D eigenvalue weighted by Crippen LogP contribution is 2.32. The molecule has 2 N–H and O–H groups in total. The first-order chi connectivity index (χ1) is 13.6. The molecule has 1 unspecified atom stereocenters. The highest BCUT2D eigenvalue weighted by molar-refractivity contribution is 7.10. The zero-order valence-electron chi connectivity index (χ0n) is 16.6. The SMILES string of the molecule is Cc1ccsc1C[NH+](C)CC(=O)N1CC[NH+](Cc2ccc3c(c2)OCO3)CC1. The van der Waals surface area contributed by atoms with Gasteiger partial charge in [-0.05, 0) is 42.1 Å². The number of rotatable bonds is 6. The number of ether oxygens (including phenoxy) is 2. The summed E-state index contributed by atoms with van der Waals surface area (Å²) in [5.41, 5.74) is 2.59. The standard InChI is InChI=1S/C21H27N3O3S/c1-16-5-10-28-20(16)13-22(2)14-21(25)24-8-6-23(7-9-24)12-17-3-4-18-19(11-17)27-15-26-18/h3-5,10-11H,6-9,12-15H2,1-2H3/p+2. The van der Waals surface area contributed by atoms with Crippen molar-refractivity contribution < 1.29 is 24.1 Å². The Kier molecular flexibility index (Phi) is 5.85. The van der Waals surface area contributed by atoms with Gasteiger partial charge >= 0.3 is 0 Å². The molecule has 1 atom stereocenters. The summed E-state index contributed by atoms with van der Waals surface area (Å²) in [6, 6.07) is 8.34. The Hall–Kier alpha value is -2.09. The van der Waals surface area contributed by atoms with E-state index in [1.54, 1.807) is 11.3 Å². The number of hydrogen-bond donors (Lipinski definition) is 2. The number of likely N-dealkylation sites (N-methyl/N-ethyl adjacent to an activating group) is 1. The minimum absolute atomic E-state index is 0.272. The highest BCUT2D eigenvalue weighted by atomic mass is 32.1. The van der Waals surface area contributed by atoms with Crippen molar-refractivity contribution in [3.8, 4) is 11.5 Å². The first-order valence-corrected chi connectivity index (χ1v) is 10.8.